The molecular weight excluding hydrogens is 344 g/mol. The lowest BCUT2D eigenvalue weighted by Crippen LogP contribution is -2.11. The van der Waals surface area contributed by atoms with Crippen LogP contribution < -0.4 is 9.47 Å². The van der Waals surface area contributed by atoms with E-state index in [1.165, 1.54) is 30.3 Å². The first-order chi connectivity index (χ1) is 12.5. The van der Waals surface area contributed by atoms with Crippen molar-refractivity contribution in [1.82, 2.24) is 0 Å². The molecule has 0 atom stereocenters. The minimum Gasteiger partial charge on any atom is -0.427 e. The van der Waals surface area contributed by atoms with Gasteiger partial charge in [0.15, 0.2) is 11.6 Å². The number of rotatable bonds is 6. The molecule has 0 aromatic heterocycles. The van der Waals surface area contributed by atoms with Crippen LogP contribution in [0.25, 0.3) is 0 Å². The molecule has 0 saturated carbocycles. The first kappa shape index (κ1) is 19.1. The molecule has 134 valence electrons. The second-order valence-electron chi connectivity index (χ2n) is 5.34. The van der Waals surface area contributed by atoms with Crippen LogP contribution in [-0.2, 0) is 4.79 Å². The molecule has 0 aliphatic rings. The number of ether oxygens (including phenoxy) is 2. The molecule has 0 unspecified atom stereocenters. The van der Waals surface area contributed by atoms with Gasteiger partial charge in [-0.05, 0) is 42.8 Å². The maximum Gasteiger partial charge on any atom is 0.343 e. The van der Waals surface area contributed by atoms with Crippen LogP contribution in [-0.4, -0.2) is 11.9 Å². The highest BCUT2D eigenvalue weighted by Crippen LogP contribution is 2.23. The van der Waals surface area contributed by atoms with Crippen molar-refractivity contribution in [3.63, 3.8) is 0 Å². The molecule has 0 aliphatic carbocycles. The fraction of sp³-hybridized carbons (Fsp3) is 0.211. The first-order valence-electron chi connectivity index (χ1n) is 7.87. The van der Waals surface area contributed by atoms with Gasteiger partial charge in [-0.1, -0.05) is 13.3 Å². The summed E-state index contributed by atoms with van der Waals surface area (Å²) in [5, 5.41) is 8.63. The quantitative estimate of drug-likeness (QED) is 0.572. The van der Waals surface area contributed by atoms with E-state index in [0.717, 1.165) is 25.0 Å². The predicted octanol–water partition coefficient (Wildman–Crippen LogP) is 4.15. The van der Waals surface area contributed by atoms with Crippen LogP contribution in [0.5, 0.6) is 11.5 Å². The largest absolute Gasteiger partial charge is 0.427 e. The van der Waals surface area contributed by atoms with Crippen molar-refractivity contribution < 1.29 is 27.8 Å². The molecule has 0 fully saturated rings. The molecule has 0 amide bonds. The van der Waals surface area contributed by atoms with Gasteiger partial charge in [-0.2, -0.15) is 9.65 Å². The van der Waals surface area contributed by atoms with Crippen LogP contribution in [0.15, 0.2) is 36.4 Å². The Morgan fingerprint density at radius 2 is 1.73 bits per heavy atom. The van der Waals surface area contributed by atoms with E-state index in [1.807, 2.05) is 6.92 Å². The number of halogens is 2. The van der Waals surface area contributed by atoms with E-state index in [2.05, 4.69) is 0 Å². The Morgan fingerprint density at radius 1 is 1.04 bits per heavy atom. The van der Waals surface area contributed by atoms with Crippen molar-refractivity contribution in [2.45, 2.75) is 26.2 Å². The SMILES string of the molecule is CCCCC(=O)Oc1ccc(C(=O)Oc2ccc(C#N)c(F)c2F)cc1. The lowest BCUT2D eigenvalue weighted by atomic mass is 10.2. The zero-order valence-electron chi connectivity index (χ0n) is 13.9. The molecule has 2 rings (SSSR count). The van der Waals surface area contributed by atoms with Crippen molar-refractivity contribution in [2.75, 3.05) is 0 Å². The van der Waals surface area contributed by atoms with Crippen molar-refractivity contribution in [3.05, 3.63) is 59.2 Å². The molecule has 7 heteroatoms. The summed E-state index contributed by atoms with van der Waals surface area (Å²) in [7, 11) is 0. The standard InChI is InChI=1S/C19H15F2NO4/c1-2-3-4-16(23)25-14-8-5-12(6-9-14)19(24)26-15-10-7-13(11-22)17(20)18(15)21/h5-10H,2-4H2,1H3. The van der Waals surface area contributed by atoms with Crippen molar-refractivity contribution >= 4 is 11.9 Å². The zero-order valence-corrected chi connectivity index (χ0v) is 13.9. The summed E-state index contributed by atoms with van der Waals surface area (Å²) in [6, 6.07) is 8.97. The normalized spacial score (nSPS) is 10.1. The Morgan fingerprint density at radius 3 is 2.35 bits per heavy atom. The number of hydrogen-bond acceptors (Lipinski definition) is 5. The fourth-order valence-corrected chi connectivity index (χ4v) is 2.02. The smallest absolute Gasteiger partial charge is 0.343 e. The first-order valence-corrected chi connectivity index (χ1v) is 7.87. The average Bonchev–Trinajstić information content (AvgIpc) is 2.64. The summed E-state index contributed by atoms with van der Waals surface area (Å²) in [4.78, 5) is 23.6. The third-order valence-electron chi connectivity index (χ3n) is 3.43. The maximum absolute atomic E-state index is 13.8. The van der Waals surface area contributed by atoms with E-state index in [-0.39, 0.29) is 17.3 Å². The van der Waals surface area contributed by atoms with Gasteiger partial charge < -0.3 is 9.47 Å². The van der Waals surface area contributed by atoms with E-state index >= 15 is 0 Å². The van der Waals surface area contributed by atoms with Gasteiger partial charge in [-0.25, -0.2) is 9.18 Å². The molecule has 0 N–H and O–H groups in total. The molecule has 0 spiro atoms. The van der Waals surface area contributed by atoms with Crippen LogP contribution in [0.1, 0.15) is 42.1 Å². The average molecular weight is 359 g/mol. The van der Waals surface area contributed by atoms with Crippen LogP contribution in [0.4, 0.5) is 8.78 Å². The van der Waals surface area contributed by atoms with Gasteiger partial charge in [0.2, 0.25) is 5.82 Å². The molecule has 2 aromatic rings. The summed E-state index contributed by atoms with van der Waals surface area (Å²) < 4.78 is 37.2. The molecular formula is C19H15F2NO4. The number of hydrogen-bond donors (Lipinski definition) is 0. The van der Waals surface area contributed by atoms with E-state index in [9.17, 15) is 18.4 Å². The summed E-state index contributed by atoms with van der Waals surface area (Å²) in [5.41, 5.74) is -0.431. The van der Waals surface area contributed by atoms with E-state index in [0.29, 0.717) is 6.42 Å². The number of benzene rings is 2. The number of unbranched alkanes of at least 4 members (excludes halogenated alkanes) is 1. The summed E-state index contributed by atoms with van der Waals surface area (Å²) in [6.45, 7) is 1.95. The van der Waals surface area contributed by atoms with Crippen molar-refractivity contribution in [2.24, 2.45) is 0 Å². The highest BCUT2D eigenvalue weighted by atomic mass is 19.2. The third-order valence-corrected chi connectivity index (χ3v) is 3.43. The minimum atomic E-state index is -1.42. The lowest BCUT2D eigenvalue weighted by Gasteiger charge is -2.08. The Balaban J connectivity index is 2.06. The van der Waals surface area contributed by atoms with Gasteiger partial charge in [0.1, 0.15) is 11.8 Å². The van der Waals surface area contributed by atoms with Crippen LogP contribution in [0.3, 0.4) is 0 Å². The van der Waals surface area contributed by atoms with Crippen LogP contribution in [0.2, 0.25) is 0 Å². The molecule has 0 bridgehead atoms. The van der Waals surface area contributed by atoms with Gasteiger partial charge in [-0.3, -0.25) is 4.79 Å². The highest BCUT2D eigenvalue weighted by molar-refractivity contribution is 5.91. The second kappa shape index (κ2) is 8.72. The molecule has 0 saturated heterocycles. The topological polar surface area (TPSA) is 76.4 Å². The number of nitrogens with zero attached hydrogens (tertiary/aromatic N) is 1. The van der Waals surface area contributed by atoms with E-state index in [4.69, 9.17) is 14.7 Å². The van der Waals surface area contributed by atoms with Gasteiger partial charge >= 0.3 is 11.9 Å². The van der Waals surface area contributed by atoms with Gasteiger partial charge in [0, 0.05) is 6.42 Å². The summed E-state index contributed by atoms with van der Waals surface area (Å²) in [6.07, 6.45) is 1.88. The highest BCUT2D eigenvalue weighted by Gasteiger charge is 2.18. The maximum atomic E-state index is 13.8. The Kier molecular flexibility index (Phi) is 6.39. The third kappa shape index (κ3) is 4.63. The number of carbonyl (C=O) groups is 2. The molecule has 0 aliphatic heterocycles. The van der Waals surface area contributed by atoms with E-state index < -0.39 is 28.9 Å². The zero-order chi connectivity index (χ0) is 19.1. The number of carbonyl (C=O) groups excluding carboxylic acids is 2. The second-order valence-corrected chi connectivity index (χ2v) is 5.34. The summed E-state index contributed by atoms with van der Waals surface area (Å²) >= 11 is 0. The van der Waals surface area contributed by atoms with Gasteiger partial charge in [0.25, 0.3) is 0 Å². The fourth-order valence-electron chi connectivity index (χ4n) is 2.02. The van der Waals surface area contributed by atoms with Gasteiger partial charge in [-0.15, -0.1) is 0 Å². The van der Waals surface area contributed by atoms with Crippen molar-refractivity contribution in [1.29, 1.82) is 5.26 Å². The van der Waals surface area contributed by atoms with Gasteiger partial charge in [0.05, 0.1) is 11.1 Å². The predicted molar refractivity (Wildman–Crippen MR) is 87.6 cm³/mol. The summed E-state index contributed by atoms with van der Waals surface area (Å²) in [5.74, 6) is -4.46. The van der Waals surface area contributed by atoms with Crippen molar-refractivity contribution in [3.8, 4) is 17.6 Å². The molecule has 26 heavy (non-hydrogen) atoms. The minimum absolute atomic E-state index is 0.0579. The number of nitriles is 1. The Hall–Kier alpha value is -3.27. The monoisotopic (exact) mass is 359 g/mol. The number of esters is 2. The van der Waals surface area contributed by atoms with Crippen LogP contribution >= 0.6 is 0 Å². The van der Waals surface area contributed by atoms with E-state index in [1.54, 1.807) is 0 Å². The lowest BCUT2D eigenvalue weighted by molar-refractivity contribution is -0.134. The molecule has 0 heterocycles. The molecule has 2 aromatic carbocycles. The van der Waals surface area contributed by atoms with Crippen LogP contribution in [0, 0.1) is 23.0 Å². The molecule has 0 radical (unpaired) electrons. The molecule has 5 nitrogen and oxygen atoms in total. The Labute approximate surface area is 148 Å². The Bertz CT molecular complexity index is 857.